The average Bonchev–Trinajstić information content (AvgIpc) is 4.00. The van der Waals surface area contributed by atoms with E-state index in [4.69, 9.17) is 6.57 Å². The molecule has 0 spiro atoms. The Morgan fingerprint density at radius 3 is 1.05 bits per heavy atom. The summed E-state index contributed by atoms with van der Waals surface area (Å²) < 4.78 is 47.3. The molecule has 0 saturated carbocycles. The van der Waals surface area contributed by atoms with Gasteiger partial charge in [0, 0.05) is 38.4 Å². The van der Waals surface area contributed by atoms with Crippen molar-refractivity contribution in [3.8, 4) is 78.1 Å². The fourth-order valence-electron chi connectivity index (χ4n) is 12.1. The highest BCUT2D eigenvalue weighted by molar-refractivity contribution is 6.14. The molecule has 13 rings (SSSR count). The molecule has 2 heterocycles. The van der Waals surface area contributed by atoms with Gasteiger partial charge in [0.25, 0.3) is 0 Å². The summed E-state index contributed by atoms with van der Waals surface area (Å²) in [5, 5.41) is 4.30. The van der Waals surface area contributed by atoms with Crippen LogP contribution in [-0.4, -0.2) is 9.13 Å². The van der Waals surface area contributed by atoms with Crippen LogP contribution >= 0.6 is 0 Å². The molecule has 0 aliphatic rings. The summed E-state index contributed by atoms with van der Waals surface area (Å²) in [6, 6.07) is 76.8. The molecule has 0 aliphatic heterocycles. The molecule has 0 saturated heterocycles. The van der Waals surface area contributed by atoms with Crippen LogP contribution in [0.3, 0.4) is 0 Å². The molecule has 380 valence electrons. The first-order valence-corrected chi connectivity index (χ1v) is 26.6. The van der Waals surface area contributed by atoms with Crippen molar-refractivity contribution >= 4 is 49.3 Å². The molecule has 0 bridgehead atoms. The van der Waals surface area contributed by atoms with Crippen molar-refractivity contribution < 1.29 is 13.2 Å². The molecule has 13 aromatic rings. The molecule has 0 amide bonds. The zero-order valence-corrected chi connectivity index (χ0v) is 44.3. The van der Waals surface area contributed by atoms with Crippen molar-refractivity contribution in [2.45, 2.75) is 40.8 Å². The van der Waals surface area contributed by atoms with Crippen molar-refractivity contribution in [1.29, 1.82) is 0 Å². The number of halogens is 3. The number of rotatable bonds is 8. The predicted octanol–water partition coefficient (Wildman–Crippen LogP) is 21.0. The Labute approximate surface area is 457 Å². The Kier molecular flexibility index (Phi) is 11.8. The van der Waals surface area contributed by atoms with E-state index in [1.165, 1.54) is 34.4 Å². The Bertz CT molecular complexity index is 4470. The zero-order chi connectivity index (χ0) is 54.3. The fourth-order valence-corrected chi connectivity index (χ4v) is 12.1. The van der Waals surface area contributed by atoms with E-state index in [9.17, 15) is 13.2 Å². The van der Waals surface area contributed by atoms with Crippen LogP contribution in [0.5, 0.6) is 0 Å². The van der Waals surface area contributed by atoms with Gasteiger partial charge < -0.3 is 9.13 Å². The molecule has 11 aromatic carbocycles. The van der Waals surface area contributed by atoms with Gasteiger partial charge in [-0.1, -0.05) is 146 Å². The smallest absolute Gasteiger partial charge is 0.310 e. The lowest BCUT2D eigenvalue weighted by Gasteiger charge is -2.21. The summed E-state index contributed by atoms with van der Waals surface area (Å²) in [7, 11) is 0. The Hall–Kier alpha value is -9.70. The van der Waals surface area contributed by atoms with Crippen LogP contribution in [0.1, 0.15) is 33.4 Å². The van der Waals surface area contributed by atoms with Gasteiger partial charge in [-0.15, -0.1) is 0 Å². The normalized spacial score (nSPS) is 11.8. The summed E-state index contributed by atoms with van der Waals surface area (Å²) in [6.45, 7) is 18.8. The fraction of sp³-hybridized carbons (Fsp3) is 0.0822. The van der Waals surface area contributed by atoms with Gasteiger partial charge in [0.2, 0.25) is 0 Å². The zero-order valence-electron chi connectivity index (χ0n) is 44.3. The minimum Gasteiger partial charge on any atom is -0.310 e. The second-order valence-corrected chi connectivity index (χ2v) is 20.9. The van der Waals surface area contributed by atoms with Crippen LogP contribution in [0.4, 0.5) is 18.9 Å². The summed E-state index contributed by atoms with van der Waals surface area (Å²) in [5.74, 6) is 0. The lowest BCUT2D eigenvalue weighted by Crippen LogP contribution is -2.05. The molecule has 0 atom stereocenters. The number of alkyl halides is 3. The third-order valence-electron chi connectivity index (χ3n) is 16.1. The Balaban J connectivity index is 1.13. The van der Waals surface area contributed by atoms with Crippen molar-refractivity contribution in [2.24, 2.45) is 0 Å². The standard InChI is InChI=1S/C73H52F3N3/c1-44-15-7-11-19-56(44)49-23-33-68-63(39-49)64-40-50(57-20-12-8-16-45(57)2)24-34-69(64)78(68)67-32-27-53(60-30-28-54(37-48(60)5)73(74,75)76)38-62(67)61-31-29-55(77-6)43-72(61)79-70-35-25-51(58-21-13-9-17-46(58)3)41-65(70)66-42-52(26-36-71(66)79)59-22-14-10-18-47(59)4/h7-43H,1-5H3. The van der Waals surface area contributed by atoms with Crippen LogP contribution in [0.2, 0.25) is 0 Å². The van der Waals surface area contributed by atoms with Gasteiger partial charge in [-0.3, -0.25) is 0 Å². The maximum Gasteiger partial charge on any atom is 0.416 e. The molecule has 0 aliphatic carbocycles. The molecular weight excluding hydrogens is 976 g/mol. The lowest BCUT2D eigenvalue weighted by atomic mass is 9.93. The first kappa shape index (κ1) is 48.9. The quantitative estimate of drug-likeness (QED) is 0.135. The van der Waals surface area contributed by atoms with Crippen molar-refractivity contribution in [2.75, 3.05) is 0 Å². The van der Waals surface area contributed by atoms with Crippen LogP contribution in [-0.2, 0) is 6.18 Å². The van der Waals surface area contributed by atoms with Crippen molar-refractivity contribution in [1.82, 2.24) is 9.13 Å². The van der Waals surface area contributed by atoms with Crippen LogP contribution in [0.15, 0.2) is 224 Å². The number of hydrogen-bond acceptors (Lipinski definition) is 0. The molecule has 0 radical (unpaired) electrons. The minimum atomic E-state index is -4.49. The van der Waals surface area contributed by atoms with Gasteiger partial charge in [-0.05, 0) is 197 Å². The number of aromatic nitrogens is 2. The van der Waals surface area contributed by atoms with E-state index >= 15 is 0 Å². The molecule has 79 heavy (non-hydrogen) atoms. The molecule has 0 unspecified atom stereocenters. The second kappa shape index (κ2) is 19.1. The molecular formula is C73H52F3N3. The van der Waals surface area contributed by atoms with Gasteiger partial charge in [0.05, 0.1) is 39.9 Å². The van der Waals surface area contributed by atoms with Crippen molar-refractivity contribution in [3.63, 3.8) is 0 Å². The molecule has 6 heteroatoms. The Morgan fingerprint density at radius 1 is 0.316 bits per heavy atom. The van der Waals surface area contributed by atoms with E-state index in [2.05, 4.69) is 224 Å². The monoisotopic (exact) mass is 1030 g/mol. The summed E-state index contributed by atoms with van der Waals surface area (Å²) in [6.07, 6.45) is -4.49. The number of nitrogens with zero attached hydrogens (tertiary/aromatic N) is 3. The first-order valence-electron chi connectivity index (χ1n) is 26.6. The second-order valence-electron chi connectivity index (χ2n) is 20.9. The lowest BCUT2D eigenvalue weighted by molar-refractivity contribution is -0.137. The van der Waals surface area contributed by atoms with Gasteiger partial charge in [-0.2, -0.15) is 13.2 Å². The summed E-state index contributed by atoms with van der Waals surface area (Å²) in [5.41, 5.74) is 22.8. The van der Waals surface area contributed by atoms with E-state index in [0.29, 0.717) is 16.8 Å². The van der Waals surface area contributed by atoms with E-state index in [1.54, 1.807) is 13.0 Å². The molecule has 0 fully saturated rings. The molecule has 3 nitrogen and oxygen atoms in total. The third-order valence-corrected chi connectivity index (χ3v) is 16.1. The summed E-state index contributed by atoms with van der Waals surface area (Å²) in [4.78, 5) is 4.04. The van der Waals surface area contributed by atoms with E-state index in [-0.39, 0.29) is 0 Å². The van der Waals surface area contributed by atoms with Gasteiger partial charge in [0.15, 0.2) is 5.69 Å². The van der Waals surface area contributed by atoms with E-state index < -0.39 is 11.7 Å². The third kappa shape index (κ3) is 8.38. The van der Waals surface area contributed by atoms with Gasteiger partial charge in [0.1, 0.15) is 0 Å². The molecule has 0 N–H and O–H groups in total. The van der Waals surface area contributed by atoms with Crippen LogP contribution in [0, 0.1) is 41.2 Å². The van der Waals surface area contributed by atoms with Gasteiger partial charge in [-0.25, -0.2) is 4.85 Å². The van der Waals surface area contributed by atoms with Crippen LogP contribution < -0.4 is 0 Å². The highest BCUT2D eigenvalue weighted by atomic mass is 19.4. The predicted molar refractivity (Wildman–Crippen MR) is 323 cm³/mol. The van der Waals surface area contributed by atoms with E-state index in [1.807, 2.05) is 24.3 Å². The van der Waals surface area contributed by atoms with Crippen molar-refractivity contribution in [3.05, 3.63) is 269 Å². The molecule has 2 aromatic heterocycles. The highest BCUT2D eigenvalue weighted by Crippen LogP contribution is 2.46. The maximum absolute atomic E-state index is 14.2. The Morgan fingerprint density at radius 2 is 0.671 bits per heavy atom. The highest BCUT2D eigenvalue weighted by Gasteiger charge is 2.31. The SMILES string of the molecule is [C-]#[N+]c1ccc(-c2cc(-c3ccc(C(F)(F)F)cc3C)ccc2-n2c3ccc(-c4ccccc4C)cc3c3cc(-c4ccccc4C)ccc32)c(-n2c3ccc(-c4ccccc4C)cc3c3cc(-c4ccccc4C)ccc32)c1. The topological polar surface area (TPSA) is 14.2 Å². The maximum atomic E-state index is 14.2. The number of hydrogen-bond donors (Lipinski definition) is 0. The number of fused-ring (bicyclic) bond motifs is 6. The average molecular weight is 1030 g/mol. The first-order chi connectivity index (χ1) is 38.3. The number of benzene rings is 11. The minimum absolute atomic E-state index is 0.474. The van der Waals surface area contributed by atoms with Gasteiger partial charge >= 0.3 is 6.18 Å². The van der Waals surface area contributed by atoms with E-state index in [0.717, 1.165) is 116 Å². The summed E-state index contributed by atoms with van der Waals surface area (Å²) >= 11 is 0. The number of aryl methyl sites for hydroxylation is 5. The largest absolute Gasteiger partial charge is 0.416 e. The van der Waals surface area contributed by atoms with Crippen LogP contribution in [0.25, 0.3) is 127 Å².